The molecule has 0 atom stereocenters. The Morgan fingerprint density at radius 1 is 1.29 bits per heavy atom. The second-order valence-corrected chi connectivity index (χ2v) is 3.39. The fourth-order valence-electron chi connectivity index (χ4n) is 1.37. The minimum atomic E-state index is -0.576. The SMILES string of the molecule is N#Cc1cccc(CNc2cc(F)ncn2)c1. The van der Waals surface area contributed by atoms with E-state index in [2.05, 4.69) is 21.4 Å². The van der Waals surface area contributed by atoms with Gasteiger partial charge in [-0.1, -0.05) is 12.1 Å². The van der Waals surface area contributed by atoms with Crippen LogP contribution >= 0.6 is 0 Å². The molecule has 0 fully saturated rings. The quantitative estimate of drug-likeness (QED) is 0.817. The first-order valence-corrected chi connectivity index (χ1v) is 4.98. The summed E-state index contributed by atoms with van der Waals surface area (Å²) in [5.74, 6) is -0.159. The summed E-state index contributed by atoms with van der Waals surface area (Å²) in [4.78, 5) is 7.23. The van der Waals surface area contributed by atoms with Crippen molar-refractivity contribution in [1.29, 1.82) is 5.26 Å². The van der Waals surface area contributed by atoms with E-state index in [9.17, 15) is 4.39 Å². The maximum atomic E-state index is 12.8. The number of nitrogens with zero attached hydrogens (tertiary/aromatic N) is 3. The van der Waals surface area contributed by atoms with Crippen molar-refractivity contribution in [1.82, 2.24) is 9.97 Å². The minimum absolute atomic E-state index is 0.417. The molecule has 4 nitrogen and oxygen atoms in total. The average molecular weight is 228 g/mol. The molecule has 0 unspecified atom stereocenters. The molecule has 84 valence electrons. The third-order valence-corrected chi connectivity index (χ3v) is 2.16. The molecule has 0 saturated heterocycles. The molecule has 17 heavy (non-hydrogen) atoms. The smallest absolute Gasteiger partial charge is 0.217 e. The molecule has 0 aliphatic rings. The van der Waals surface area contributed by atoms with Crippen LogP contribution in [0, 0.1) is 17.3 Å². The Labute approximate surface area is 97.8 Å². The van der Waals surface area contributed by atoms with Gasteiger partial charge in [-0.2, -0.15) is 9.65 Å². The van der Waals surface area contributed by atoms with Gasteiger partial charge >= 0.3 is 0 Å². The van der Waals surface area contributed by atoms with Crippen molar-refractivity contribution in [3.05, 3.63) is 53.7 Å². The summed E-state index contributed by atoms with van der Waals surface area (Å²) >= 11 is 0. The lowest BCUT2D eigenvalue weighted by atomic mass is 10.1. The molecule has 0 aliphatic heterocycles. The molecule has 0 bridgehead atoms. The molecule has 5 heteroatoms. The Bertz CT molecular complexity index is 562. The van der Waals surface area contributed by atoms with Crippen LogP contribution in [0.1, 0.15) is 11.1 Å². The molecule has 1 aromatic carbocycles. The van der Waals surface area contributed by atoms with Crippen LogP contribution in [0.25, 0.3) is 0 Å². The monoisotopic (exact) mass is 228 g/mol. The topological polar surface area (TPSA) is 61.6 Å². The van der Waals surface area contributed by atoms with Crippen LogP contribution in [0.4, 0.5) is 10.2 Å². The Morgan fingerprint density at radius 3 is 2.94 bits per heavy atom. The number of hydrogen-bond donors (Lipinski definition) is 1. The summed E-state index contributed by atoms with van der Waals surface area (Å²) in [5.41, 5.74) is 1.53. The first-order chi connectivity index (χ1) is 8.28. The zero-order valence-corrected chi connectivity index (χ0v) is 8.89. The standard InChI is InChI=1S/C12H9FN4/c13-11-5-12(17-8-16-11)15-7-10-3-1-2-9(4-10)6-14/h1-5,8H,7H2,(H,15,16,17). The maximum Gasteiger partial charge on any atom is 0.217 e. The molecule has 1 aromatic heterocycles. The molecule has 0 spiro atoms. The molecular weight excluding hydrogens is 219 g/mol. The van der Waals surface area contributed by atoms with E-state index >= 15 is 0 Å². The van der Waals surface area contributed by atoms with Crippen LogP contribution in [0.2, 0.25) is 0 Å². The zero-order chi connectivity index (χ0) is 12.1. The summed E-state index contributed by atoms with van der Waals surface area (Å²) in [6.45, 7) is 0.478. The first kappa shape index (κ1) is 11.0. The van der Waals surface area contributed by atoms with Gasteiger partial charge in [0.2, 0.25) is 5.95 Å². The average Bonchev–Trinajstić information content (AvgIpc) is 2.37. The van der Waals surface area contributed by atoms with Gasteiger partial charge in [-0.3, -0.25) is 0 Å². The number of nitriles is 1. The minimum Gasteiger partial charge on any atom is -0.366 e. The first-order valence-electron chi connectivity index (χ1n) is 4.98. The van der Waals surface area contributed by atoms with Crippen LogP contribution in [0.3, 0.4) is 0 Å². The number of hydrogen-bond acceptors (Lipinski definition) is 4. The lowest BCUT2D eigenvalue weighted by Crippen LogP contribution is -2.02. The lowest BCUT2D eigenvalue weighted by Gasteiger charge is -2.05. The zero-order valence-electron chi connectivity index (χ0n) is 8.89. The van der Waals surface area contributed by atoms with Crippen molar-refractivity contribution in [2.45, 2.75) is 6.54 Å². The fourth-order valence-corrected chi connectivity index (χ4v) is 1.37. The summed E-state index contributed by atoms with van der Waals surface area (Å²) in [5, 5.41) is 11.7. The van der Waals surface area contributed by atoms with Crippen LogP contribution < -0.4 is 5.32 Å². The molecule has 1 N–H and O–H groups in total. The number of anilines is 1. The van der Waals surface area contributed by atoms with Gasteiger partial charge in [0.15, 0.2) is 0 Å². The van der Waals surface area contributed by atoms with Gasteiger partial charge in [0.05, 0.1) is 11.6 Å². The van der Waals surface area contributed by atoms with Crippen LogP contribution in [-0.4, -0.2) is 9.97 Å². The summed E-state index contributed by atoms with van der Waals surface area (Å²) in [7, 11) is 0. The van der Waals surface area contributed by atoms with Gasteiger partial charge in [-0.25, -0.2) is 9.97 Å². The molecule has 2 aromatic rings. The van der Waals surface area contributed by atoms with E-state index in [0.29, 0.717) is 17.9 Å². The highest BCUT2D eigenvalue weighted by Crippen LogP contribution is 2.08. The molecule has 2 rings (SSSR count). The van der Waals surface area contributed by atoms with Crippen molar-refractivity contribution in [2.75, 3.05) is 5.32 Å². The number of rotatable bonds is 3. The van der Waals surface area contributed by atoms with Crippen molar-refractivity contribution in [2.24, 2.45) is 0 Å². The highest BCUT2D eigenvalue weighted by Gasteiger charge is 1.98. The van der Waals surface area contributed by atoms with Gasteiger partial charge in [-0.05, 0) is 17.7 Å². The Kier molecular flexibility index (Phi) is 3.26. The predicted molar refractivity (Wildman–Crippen MR) is 60.5 cm³/mol. The van der Waals surface area contributed by atoms with Gasteiger partial charge < -0.3 is 5.32 Å². The van der Waals surface area contributed by atoms with E-state index in [1.54, 1.807) is 18.2 Å². The van der Waals surface area contributed by atoms with Crippen molar-refractivity contribution in [3.8, 4) is 6.07 Å². The van der Waals surface area contributed by atoms with Crippen LogP contribution in [0.15, 0.2) is 36.7 Å². The highest BCUT2D eigenvalue weighted by molar-refractivity contribution is 5.37. The van der Waals surface area contributed by atoms with Crippen molar-refractivity contribution >= 4 is 5.82 Å². The normalized spacial score (nSPS) is 9.65. The van der Waals surface area contributed by atoms with E-state index in [0.717, 1.165) is 11.9 Å². The molecule has 0 amide bonds. The molecular formula is C12H9FN4. The second-order valence-electron chi connectivity index (χ2n) is 3.39. The van der Waals surface area contributed by atoms with E-state index in [4.69, 9.17) is 5.26 Å². The van der Waals surface area contributed by atoms with Crippen molar-refractivity contribution < 1.29 is 4.39 Å². The largest absolute Gasteiger partial charge is 0.366 e. The van der Waals surface area contributed by atoms with Gasteiger partial charge in [-0.15, -0.1) is 0 Å². The Morgan fingerprint density at radius 2 is 2.18 bits per heavy atom. The number of halogens is 1. The molecule has 0 aliphatic carbocycles. The molecule has 0 radical (unpaired) electrons. The third-order valence-electron chi connectivity index (χ3n) is 2.16. The summed E-state index contributed by atoms with van der Waals surface area (Å²) in [6, 6.07) is 10.5. The van der Waals surface area contributed by atoms with Gasteiger partial charge in [0.1, 0.15) is 12.1 Å². The summed E-state index contributed by atoms with van der Waals surface area (Å²) in [6.07, 6.45) is 1.16. The number of benzene rings is 1. The van der Waals surface area contributed by atoms with E-state index in [1.807, 2.05) is 6.07 Å². The van der Waals surface area contributed by atoms with E-state index < -0.39 is 5.95 Å². The van der Waals surface area contributed by atoms with Gasteiger partial charge in [0.25, 0.3) is 0 Å². The van der Waals surface area contributed by atoms with E-state index in [-0.39, 0.29) is 0 Å². The Hall–Kier alpha value is -2.48. The maximum absolute atomic E-state index is 12.8. The van der Waals surface area contributed by atoms with Crippen LogP contribution in [-0.2, 0) is 6.54 Å². The molecule has 0 saturated carbocycles. The summed E-state index contributed by atoms with van der Waals surface area (Å²) < 4.78 is 12.8. The fraction of sp³-hybridized carbons (Fsp3) is 0.0833. The number of aromatic nitrogens is 2. The van der Waals surface area contributed by atoms with Crippen molar-refractivity contribution in [3.63, 3.8) is 0 Å². The third kappa shape index (κ3) is 2.98. The number of nitrogens with one attached hydrogen (secondary N) is 1. The Balaban J connectivity index is 2.05. The second kappa shape index (κ2) is 5.03. The predicted octanol–water partition coefficient (Wildman–Crippen LogP) is 2.10. The molecule has 1 heterocycles. The van der Waals surface area contributed by atoms with E-state index in [1.165, 1.54) is 6.07 Å². The highest BCUT2D eigenvalue weighted by atomic mass is 19.1. The van der Waals surface area contributed by atoms with Crippen LogP contribution in [0.5, 0.6) is 0 Å². The lowest BCUT2D eigenvalue weighted by molar-refractivity contribution is 0.580. The van der Waals surface area contributed by atoms with Gasteiger partial charge in [0, 0.05) is 12.6 Å².